The summed E-state index contributed by atoms with van der Waals surface area (Å²) in [5.41, 5.74) is -4.49. The smallest absolute Gasteiger partial charge is 0.224 e. The van der Waals surface area contributed by atoms with Crippen molar-refractivity contribution in [1.29, 1.82) is 0 Å². The molecule has 0 amide bonds. The van der Waals surface area contributed by atoms with Crippen LogP contribution in [-0.2, 0) is 9.84 Å². The first-order valence-electron chi connectivity index (χ1n) is 4.34. The van der Waals surface area contributed by atoms with Gasteiger partial charge in [0, 0.05) is 4.90 Å². The molecule has 0 aliphatic rings. The number of sulfone groups is 1. The monoisotopic (exact) mass is 270 g/mol. The van der Waals surface area contributed by atoms with Crippen LogP contribution in [0.1, 0.15) is 6.92 Å². The number of rotatable bonds is 3. The van der Waals surface area contributed by atoms with Gasteiger partial charge in [0.15, 0.2) is 9.84 Å². The Morgan fingerprint density at radius 2 is 1.81 bits per heavy atom. The van der Waals surface area contributed by atoms with Crippen molar-refractivity contribution in [2.45, 2.75) is 22.2 Å². The molecule has 1 rings (SSSR count). The van der Waals surface area contributed by atoms with E-state index in [1.54, 1.807) is 0 Å². The molecule has 0 N–H and O–H groups in total. The number of thioether (sulfide) groups is 1. The highest BCUT2D eigenvalue weighted by Gasteiger charge is 2.32. The molecule has 0 atom stereocenters. The minimum Gasteiger partial charge on any atom is -0.224 e. The molecule has 0 radical (unpaired) electrons. The lowest BCUT2D eigenvalue weighted by Crippen LogP contribution is -2.07. The third-order valence-electron chi connectivity index (χ3n) is 1.79. The van der Waals surface area contributed by atoms with Crippen molar-refractivity contribution in [2.24, 2.45) is 0 Å². The van der Waals surface area contributed by atoms with Crippen LogP contribution in [0.3, 0.4) is 0 Å². The summed E-state index contributed by atoms with van der Waals surface area (Å²) in [7, 11) is -3.62. The fourth-order valence-electron chi connectivity index (χ4n) is 1.07. The first-order valence-corrected chi connectivity index (χ1v) is 6.80. The fourth-order valence-corrected chi connectivity index (χ4v) is 3.11. The first kappa shape index (κ1) is 13.4. The molecule has 0 bridgehead atoms. The number of benzene rings is 1. The molecule has 16 heavy (non-hydrogen) atoms. The highest BCUT2D eigenvalue weighted by Crippen LogP contribution is 2.39. The van der Waals surface area contributed by atoms with Gasteiger partial charge in [0.1, 0.15) is 0 Å². The standard InChI is InChI=1S/C9H9F3O2S2/c1-2-16(13,14)8-6-4-3-5-7(8)15-9(10,11)12/h3-6H,2H2,1H3. The third-order valence-corrected chi connectivity index (χ3v) is 4.51. The minimum atomic E-state index is -4.49. The molecule has 0 aliphatic carbocycles. The third kappa shape index (κ3) is 3.41. The van der Waals surface area contributed by atoms with E-state index in [-0.39, 0.29) is 15.5 Å². The first-order chi connectivity index (χ1) is 7.26. The summed E-state index contributed by atoms with van der Waals surface area (Å²) in [6.07, 6.45) is 0. The van der Waals surface area contributed by atoms with Crippen molar-refractivity contribution in [3.05, 3.63) is 24.3 Å². The zero-order chi connectivity index (χ0) is 12.4. The lowest BCUT2D eigenvalue weighted by molar-refractivity contribution is -0.0328. The van der Waals surface area contributed by atoms with Gasteiger partial charge < -0.3 is 0 Å². The van der Waals surface area contributed by atoms with Crippen LogP contribution >= 0.6 is 11.8 Å². The average Bonchev–Trinajstić information content (AvgIpc) is 2.16. The van der Waals surface area contributed by atoms with Crippen LogP contribution in [0.2, 0.25) is 0 Å². The van der Waals surface area contributed by atoms with Crippen LogP contribution < -0.4 is 0 Å². The zero-order valence-electron chi connectivity index (χ0n) is 8.28. The van der Waals surface area contributed by atoms with Gasteiger partial charge in [-0.25, -0.2) is 8.42 Å². The van der Waals surface area contributed by atoms with Gasteiger partial charge in [-0.2, -0.15) is 13.2 Å². The number of hydrogen-bond acceptors (Lipinski definition) is 3. The molecule has 0 saturated heterocycles. The van der Waals surface area contributed by atoms with Crippen molar-refractivity contribution in [3.63, 3.8) is 0 Å². The average molecular weight is 270 g/mol. The summed E-state index contributed by atoms with van der Waals surface area (Å²) < 4.78 is 59.6. The molecule has 0 unspecified atom stereocenters. The Labute approximate surface area is 95.8 Å². The predicted molar refractivity (Wildman–Crippen MR) is 56.1 cm³/mol. The van der Waals surface area contributed by atoms with Gasteiger partial charge in [-0.15, -0.1) is 0 Å². The van der Waals surface area contributed by atoms with Gasteiger partial charge in [-0.05, 0) is 23.9 Å². The van der Waals surface area contributed by atoms with Crippen LogP contribution in [0.4, 0.5) is 13.2 Å². The van der Waals surface area contributed by atoms with Crippen molar-refractivity contribution < 1.29 is 21.6 Å². The topological polar surface area (TPSA) is 34.1 Å². The van der Waals surface area contributed by atoms with Gasteiger partial charge in [-0.1, -0.05) is 19.1 Å². The maximum atomic E-state index is 12.2. The SMILES string of the molecule is CCS(=O)(=O)c1ccccc1SC(F)(F)F. The number of alkyl halides is 3. The van der Waals surface area contributed by atoms with E-state index < -0.39 is 27.1 Å². The van der Waals surface area contributed by atoms with E-state index in [4.69, 9.17) is 0 Å². The Hall–Kier alpha value is -0.690. The maximum absolute atomic E-state index is 12.2. The van der Waals surface area contributed by atoms with Crippen molar-refractivity contribution >= 4 is 21.6 Å². The Balaban J connectivity index is 3.22. The predicted octanol–water partition coefficient (Wildman–Crippen LogP) is 3.09. The molecular formula is C9H9F3O2S2. The molecule has 2 nitrogen and oxygen atoms in total. The molecule has 0 heterocycles. The Kier molecular flexibility index (Phi) is 3.90. The summed E-state index contributed by atoms with van der Waals surface area (Å²) >= 11 is -0.410. The minimum absolute atomic E-state index is 0.220. The Morgan fingerprint density at radius 1 is 1.25 bits per heavy atom. The summed E-state index contributed by atoms with van der Waals surface area (Å²) in [4.78, 5) is -0.545. The fraction of sp³-hybridized carbons (Fsp3) is 0.333. The van der Waals surface area contributed by atoms with Crippen molar-refractivity contribution in [2.75, 3.05) is 5.75 Å². The largest absolute Gasteiger partial charge is 0.446 e. The van der Waals surface area contributed by atoms with Gasteiger partial charge in [0.05, 0.1) is 10.6 Å². The van der Waals surface area contributed by atoms with Crippen LogP contribution in [0.5, 0.6) is 0 Å². The molecule has 0 spiro atoms. The van der Waals surface area contributed by atoms with Crippen LogP contribution in [0.25, 0.3) is 0 Å². The summed E-state index contributed by atoms with van der Waals surface area (Å²) in [5.74, 6) is -0.220. The number of hydrogen-bond donors (Lipinski definition) is 0. The van der Waals surface area contributed by atoms with E-state index in [0.29, 0.717) is 0 Å². The molecule has 0 saturated carbocycles. The van der Waals surface area contributed by atoms with Gasteiger partial charge in [0.2, 0.25) is 0 Å². The molecule has 1 aromatic rings. The van der Waals surface area contributed by atoms with E-state index in [9.17, 15) is 21.6 Å². The maximum Gasteiger partial charge on any atom is 0.446 e. The van der Waals surface area contributed by atoms with E-state index in [0.717, 1.165) is 6.07 Å². The Morgan fingerprint density at radius 3 is 2.31 bits per heavy atom. The molecule has 0 fully saturated rings. The molecule has 90 valence electrons. The summed E-state index contributed by atoms with van der Waals surface area (Å²) in [5, 5.41) is 0. The number of halogens is 3. The van der Waals surface area contributed by atoms with Gasteiger partial charge >= 0.3 is 5.51 Å². The molecule has 0 aromatic heterocycles. The van der Waals surface area contributed by atoms with Crippen LogP contribution in [0, 0.1) is 0 Å². The second-order valence-electron chi connectivity index (χ2n) is 2.90. The quantitative estimate of drug-likeness (QED) is 0.791. The molecular weight excluding hydrogens is 261 g/mol. The Bertz CT molecular complexity index is 466. The van der Waals surface area contributed by atoms with E-state index in [2.05, 4.69) is 0 Å². The van der Waals surface area contributed by atoms with E-state index in [1.165, 1.54) is 25.1 Å². The van der Waals surface area contributed by atoms with Gasteiger partial charge in [-0.3, -0.25) is 0 Å². The normalized spacial score (nSPS) is 12.8. The van der Waals surface area contributed by atoms with Crippen LogP contribution in [0.15, 0.2) is 34.1 Å². The lowest BCUT2D eigenvalue weighted by Gasteiger charge is -2.10. The molecule has 1 aromatic carbocycles. The summed E-state index contributed by atoms with van der Waals surface area (Å²) in [6, 6.07) is 5.12. The lowest BCUT2D eigenvalue weighted by atomic mass is 10.4. The zero-order valence-corrected chi connectivity index (χ0v) is 9.92. The highest BCUT2D eigenvalue weighted by atomic mass is 32.2. The molecule has 0 aliphatic heterocycles. The van der Waals surface area contributed by atoms with Crippen molar-refractivity contribution in [1.82, 2.24) is 0 Å². The highest BCUT2D eigenvalue weighted by molar-refractivity contribution is 8.01. The van der Waals surface area contributed by atoms with Gasteiger partial charge in [0.25, 0.3) is 0 Å². The van der Waals surface area contributed by atoms with Crippen LogP contribution in [-0.4, -0.2) is 19.7 Å². The summed E-state index contributed by atoms with van der Waals surface area (Å²) in [6.45, 7) is 1.39. The second-order valence-corrected chi connectivity index (χ2v) is 6.25. The van der Waals surface area contributed by atoms with Crippen molar-refractivity contribution in [3.8, 4) is 0 Å². The van der Waals surface area contributed by atoms with E-state index in [1.807, 2.05) is 0 Å². The molecule has 7 heteroatoms. The van der Waals surface area contributed by atoms with E-state index >= 15 is 0 Å². The second kappa shape index (κ2) is 4.67.